The van der Waals surface area contributed by atoms with Gasteiger partial charge >= 0.3 is 0 Å². The van der Waals surface area contributed by atoms with Crippen LogP contribution in [0.15, 0.2) is 84.0 Å². The number of nitrogens with one attached hydrogen (secondary N) is 1. The first-order valence-corrected chi connectivity index (χ1v) is 10.3. The van der Waals surface area contributed by atoms with Gasteiger partial charge in [-0.05, 0) is 48.0 Å². The number of rotatable bonds is 7. The summed E-state index contributed by atoms with van der Waals surface area (Å²) in [5, 5.41) is 3.11. The Morgan fingerprint density at radius 1 is 1.00 bits per heavy atom. The molecule has 0 aliphatic heterocycles. The number of pyridine rings is 1. The Bertz CT molecular complexity index is 1040. The third-order valence-corrected chi connectivity index (χ3v) is 5.98. The summed E-state index contributed by atoms with van der Waals surface area (Å²) in [6, 6.07) is 17.9. The van der Waals surface area contributed by atoms with Crippen molar-refractivity contribution < 1.29 is 13.2 Å². The number of anilines is 1. The Kier molecular flexibility index (Phi) is 6.28. The number of nitrogens with zero attached hydrogens (tertiary/aromatic N) is 2. The Labute approximate surface area is 168 Å². The molecule has 1 aromatic heterocycles. The largest absolute Gasteiger partial charge is 0.350 e. The summed E-state index contributed by atoms with van der Waals surface area (Å²) >= 11 is 6.03. The molecule has 1 N–H and O–H groups in total. The van der Waals surface area contributed by atoms with E-state index in [1.165, 1.54) is 18.2 Å². The monoisotopic (exact) mass is 415 g/mol. The Morgan fingerprint density at radius 3 is 2.39 bits per heavy atom. The molecule has 0 aliphatic rings. The lowest BCUT2D eigenvalue weighted by Crippen LogP contribution is -2.40. The number of benzene rings is 2. The lowest BCUT2D eigenvalue weighted by molar-refractivity contribution is -0.119. The second-order valence-corrected chi connectivity index (χ2v) is 8.24. The third-order valence-electron chi connectivity index (χ3n) is 3.95. The van der Waals surface area contributed by atoms with Gasteiger partial charge < -0.3 is 5.32 Å². The molecule has 3 rings (SSSR count). The van der Waals surface area contributed by atoms with E-state index in [1.807, 2.05) is 0 Å². The van der Waals surface area contributed by atoms with E-state index in [9.17, 15) is 13.2 Å². The SMILES string of the molecule is O=C(CN(c1cccc(Cl)c1)S(=O)(=O)c1ccccc1)NCc1ccncc1. The average molecular weight is 416 g/mol. The normalized spacial score (nSPS) is 11.0. The van der Waals surface area contributed by atoms with Gasteiger partial charge in [-0.15, -0.1) is 0 Å². The predicted molar refractivity (Wildman–Crippen MR) is 109 cm³/mol. The lowest BCUT2D eigenvalue weighted by atomic mass is 10.3. The first kappa shape index (κ1) is 19.9. The number of amides is 1. The first-order chi connectivity index (χ1) is 13.5. The van der Waals surface area contributed by atoms with E-state index in [0.717, 1.165) is 9.87 Å². The Morgan fingerprint density at radius 2 is 1.71 bits per heavy atom. The Hall–Kier alpha value is -2.90. The number of aromatic nitrogens is 1. The number of hydrogen-bond donors (Lipinski definition) is 1. The summed E-state index contributed by atoms with van der Waals surface area (Å²) in [5.41, 5.74) is 1.18. The van der Waals surface area contributed by atoms with Crippen molar-refractivity contribution in [2.75, 3.05) is 10.8 Å². The van der Waals surface area contributed by atoms with Gasteiger partial charge in [-0.1, -0.05) is 35.9 Å². The van der Waals surface area contributed by atoms with E-state index in [0.29, 0.717) is 10.7 Å². The van der Waals surface area contributed by atoms with Gasteiger partial charge in [-0.3, -0.25) is 14.1 Å². The molecule has 0 atom stereocenters. The molecule has 0 radical (unpaired) electrons. The molecule has 28 heavy (non-hydrogen) atoms. The summed E-state index contributed by atoms with van der Waals surface area (Å²) < 4.78 is 27.3. The van der Waals surface area contributed by atoms with Crippen molar-refractivity contribution >= 4 is 33.2 Å². The van der Waals surface area contributed by atoms with Crippen molar-refractivity contribution in [1.82, 2.24) is 10.3 Å². The van der Waals surface area contributed by atoms with Gasteiger partial charge in [-0.2, -0.15) is 0 Å². The minimum absolute atomic E-state index is 0.0944. The molecule has 0 bridgehead atoms. The number of carbonyl (C=O) groups is 1. The molecule has 1 amide bonds. The molecule has 0 fully saturated rings. The fourth-order valence-corrected chi connectivity index (χ4v) is 4.17. The highest BCUT2D eigenvalue weighted by atomic mass is 35.5. The summed E-state index contributed by atoms with van der Waals surface area (Å²) in [6.45, 7) is -0.0984. The fourth-order valence-electron chi connectivity index (χ4n) is 2.55. The van der Waals surface area contributed by atoms with Crippen molar-refractivity contribution in [3.63, 3.8) is 0 Å². The molecule has 0 saturated heterocycles. The highest BCUT2D eigenvalue weighted by Crippen LogP contribution is 2.25. The van der Waals surface area contributed by atoms with Gasteiger partial charge in [0.15, 0.2) is 0 Å². The van der Waals surface area contributed by atoms with Gasteiger partial charge in [0.1, 0.15) is 6.54 Å². The number of sulfonamides is 1. The smallest absolute Gasteiger partial charge is 0.264 e. The van der Waals surface area contributed by atoms with Crippen LogP contribution >= 0.6 is 11.6 Å². The van der Waals surface area contributed by atoms with Crippen LogP contribution in [0.25, 0.3) is 0 Å². The highest BCUT2D eigenvalue weighted by Gasteiger charge is 2.27. The average Bonchev–Trinajstić information content (AvgIpc) is 2.72. The predicted octanol–water partition coefficient (Wildman–Crippen LogP) is 3.25. The number of hydrogen-bond acceptors (Lipinski definition) is 4. The zero-order chi connectivity index (χ0) is 20.0. The molecule has 2 aromatic carbocycles. The first-order valence-electron chi connectivity index (χ1n) is 8.46. The van der Waals surface area contributed by atoms with Crippen LogP contribution in [0.5, 0.6) is 0 Å². The zero-order valence-electron chi connectivity index (χ0n) is 14.8. The highest BCUT2D eigenvalue weighted by molar-refractivity contribution is 7.92. The summed E-state index contributed by atoms with van der Waals surface area (Å²) in [6.07, 6.45) is 3.25. The molecular weight excluding hydrogens is 398 g/mol. The molecule has 144 valence electrons. The molecule has 3 aromatic rings. The van der Waals surface area contributed by atoms with Gasteiger partial charge in [0.25, 0.3) is 10.0 Å². The van der Waals surface area contributed by atoms with Crippen molar-refractivity contribution in [1.29, 1.82) is 0 Å². The maximum atomic E-state index is 13.1. The van der Waals surface area contributed by atoms with Crippen molar-refractivity contribution in [3.05, 3.63) is 89.7 Å². The standard InChI is InChI=1S/C20H18ClN3O3S/c21-17-5-4-6-18(13-17)24(28(26,27)19-7-2-1-3-8-19)15-20(25)23-14-16-9-11-22-12-10-16/h1-13H,14-15H2,(H,23,25). The fraction of sp³-hybridized carbons (Fsp3) is 0.100. The zero-order valence-corrected chi connectivity index (χ0v) is 16.4. The third kappa shape index (κ3) is 4.88. The maximum absolute atomic E-state index is 13.1. The molecule has 0 aliphatic carbocycles. The van der Waals surface area contributed by atoms with Crippen LogP contribution in [0.2, 0.25) is 5.02 Å². The minimum atomic E-state index is -3.95. The van der Waals surface area contributed by atoms with Crippen LogP contribution in [0.1, 0.15) is 5.56 Å². The van der Waals surface area contributed by atoms with Crippen LogP contribution < -0.4 is 9.62 Å². The van der Waals surface area contributed by atoms with Gasteiger partial charge in [-0.25, -0.2) is 8.42 Å². The molecule has 8 heteroatoms. The maximum Gasteiger partial charge on any atom is 0.264 e. The van der Waals surface area contributed by atoms with Crippen LogP contribution in [-0.2, 0) is 21.4 Å². The van der Waals surface area contributed by atoms with E-state index in [2.05, 4.69) is 10.3 Å². The molecule has 1 heterocycles. The second-order valence-electron chi connectivity index (χ2n) is 5.94. The van der Waals surface area contributed by atoms with Crippen molar-refractivity contribution in [2.45, 2.75) is 11.4 Å². The number of carbonyl (C=O) groups excluding carboxylic acids is 1. The summed E-state index contributed by atoms with van der Waals surface area (Å²) in [7, 11) is -3.95. The van der Waals surface area contributed by atoms with E-state index < -0.39 is 15.9 Å². The lowest BCUT2D eigenvalue weighted by Gasteiger charge is -2.24. The number of halogens is 1. The Balaban J connectivity index is 1.85. The van der Waals surface area contributed by atoms with Crippen LogP contribution in [-0.4, -0.2) is 25.9 Å². The van der Waals surface area contributed by atoms with E-state index in [4.69, 9.17) is 11.6 Å². The summed E-state index contributed by atoms with van der Waals surface area (Å²) in [5.74, 6) is -0.434. The summed E-state index contributed by atoms with van der Waals surface area (Å²) in [4.78, 5) is 16.5. The van der Waals surface area contributed by atoms with Gasteiger partial charge in [0, 0.05) is 24.0 Å². The second kappa shape index (κ2) is 8.86. The van der Waals surface area contributed by atoms with Crippen LogP contribution in [0.4, 0.5) is 5.69 Å². The van der Waals surface area contributed by atoms with E-state index >= 15 is 0 Å². The van der Waals surface area contributed by atoms with Crippen LogP contribution in [0, 0.1) is 0 Å². The molecule has 6 nitrogen and oxygen atoms in total. The molecule has 0 saturated carbocycles. The van der Waals surface area contributed by atoms with Gasteiger partial charge in [0.05, 0.1) is 10.6 Å². The van der Waals surface area contributed by atoms with Crippen molar-refractivity contribution in [3.8, 4) is 0 Å². The van der Waals surface area contributed by atoms with Crippen LogP contribution in [0.3, 0.4) is 0 Å². The van der Waals surface area contributed by atoms with Crippen molar-refractivity contribution in [2.24, 2.45) is 0 Å². The molecule has 0 unspecified atom stereocenters. The van der Waals surface area contributed by atoms with E-state index in [1.54, 1.807) is 60.9 Å². The van der Waals surface area contributed by atoms with E-state index in [-0.39, 0.29) is 18.0 Å². The minimum Gasteiger partial charge on any atom is -0.350 e. The molecule has 0 spiro atoms. The quantitative estimate of drug-likeness (QED) is 0.642. The molecular formula is C20H18ClN3O3S. The topological polar surface area (TPSA) is 79.4 Å². The van der Waals surface area contributed by atoms with Gasteiger partial charge in [0.2, 0.25) is 5.91 Å².